The molecule has 0 bridgehead atoms. The maximum absolute atomic E-state index is 12.5. The number of nitrogens with one attached hydrogen (secondary N) is 4. The first-order chi connectivity index (χ1) is 21.0. The Morgan fingerprint density at radius 3 is 1.98 bits per heavy atom. The fourth-order valence-electron chi connectivity index (χ4n) is 4.48. The van der Waals surface area contributed by atoms with E-state index in [0.29, 0.717) is 81.0 Å². The van der Waals surface area contributed by atoms with Gasteiger partial charge in [0, 0.05) is 42.8 Å². The van der Waals surface area contributed by atoms with E-state index in [-0.39, 0.29) is 18.1 Å². The first kappa shape index (κ1) is 32.4. The standard InChI is InChI=1S/C30H41ClN8O4/c31-24-7-3-22(4-8-24)20-35-29-37-28(38-30(39-29)36-25-9-11-26(40)12-10-25)34-19-21-1-5-23(6-2-21)27(41)33-14-16-43-18-17-42-15-13-32/h1-8,25-26,40H,9-20,32H2,(H,33,41)(H3,34,35,36,37,38,39). The quantitative estimate of drug-likeness (QED) is 0.124. The van der Waals surface area contributed by atoms with Crippen LogP contribution in [0.4, 0.5) is 17.8 Å². The predicted molar refractivity (Wildman–Crippen MR) is 167 cm³/mol. The van der Waals surface area contributed by atoms with Crippen LogP contribution < -0.4 is 27.0 Å². The summed E-state index contributed by atoms with van der Waals surface area (Å²) in [5, 5.41) is 23.3. The summed E-state index contributed by atoms with van der Waals surface area (Å²) in [6.45, 7) is 3.73. The maximum Gasteiger partial charge on any atom is 0.251 e. The van der Waals surface area contributed by atoms with Crippen molar-refractivity contribution in [3.05, 3.63) is 70.2 Å². The summed E-state index contributed by atoms with van der Waals surface area (Å²) in [4.78, 5) is 26.2. The van der Waals surface area contributed by atoms with Crippen molar-refractivity contribution in [3.63, 3.8) is 0 Å². The fourth-order valence-corrected chi connectivity index (χ4v) is 4.61. The average Bonchev–Trinajstić information content (AvgIpc) is 3.02. The largest absolute Gasteiger partial charge is 0.393 e. The Morgan fingerprint density at radius 2 is 1.37 bits per heavy atom. The minimum atomic E-state index is -0.242. The van der Waals surface area contributed by atoms with Crippen molar-refractivity contribution < 1.29 is 19.4 Å². The van der Waals surface area contributed by atoms with Crippen molar-refractivity contribution in [2.24, 2.45) is 5.73 Å². The van der Waals surface area contributed by atoms with Crippen LogP contribution in [0.2, 0.25) is 5.02 Å². The third-order valence-electron chi connectivity index (χ3n) is 6.86. The van der Waals surface area contributed by atoms with E-state index in [9.17, 15) is 9.90 Å². The first-order valence-electron chi connectivity index (χ1n) is 14.6. The minimum absolute atomic E-state index is 0.165. The molecular weight excluding hydrogens is 572 g/mol. The third-order valence-corrected chi connectivity index (χ3v) is 7.11. The maximum atomic E-state index is 12.5. The molecule has 13 heteroatoms. The molecule has 0 radical (unpaired) electrons. The van der Waals surface area contributed by atoms with Crippen LogP contribution in [0.15, 0.2) is 48.5 Å². The predicted octanol–water partition coefficient (Wildman–Crippen LogP) is 3.19. The zero-order chi connectivity index (χ0) is 30.3. The van der Waals surface area contributed by atoms with Gasteiger partial charge < -0.3 is 41.6 Å². The summed E-state index contributed by atoms with van der Waals surface area (Å²) in [6, 6.07) is 15.1. The monoisotopic (exact) mass is 612 g/mol. The number of carbonyl (C=O) groups excluding carboxylic acids is 1. The molecule has 2 aromatic carbocycles. The lowest BCUT2D eigenvalue weighted by molar-refractivity contribution is 0.0511. The molecule has 1 aromatic heterocycles. The van der Waals surface area contributed by atoms with Gasteiger partial charge in [0.25, 0.3) is 5.91 Å². The third kappa shape index (κ3) is 11.6. The number of amides is 1. The van der Waals surface area contributed by atoms with E-state index in [2.05, 4.69) is 36.2 Å². The van der Waals surface area contributed by atoms with Crippen LogP contribution in [0.1, 0.15) is 47.2 Å². The van der Waals surface area contributed by atoms with Gasteiger partial charge in [-0.1, -0.05) is 35.9 Å². The highest BCUT2D eigenvalue weighted by molar-refractivity contribution is 6.30. The molecule has 1 heterocycles. The number of aliphatic hydroxyl groups excluding tert-OH is 1. The molecule has 7 N–H and O–H groups in total. The minimum Gasteiger partial charge on any atom is -0.393 e. The molecule has 1 fully saturated rings. The molecule has 4 rings (SSSR count). The highest BCUT2D eigenvalue weighted by atomic mass is 35.5. The van der Waals surface area contributed by atoms with Crippen molar-refractivity contribution in [1.82, 2.24) is 20.3 Å². The van der Waals surface area contributed by atoms with Crippen LogP contribution in [-0.2, 0) is 22.6 Å². The summed E-state index contributed by atoms with van der Waals surface area (Å²) in [6.07, 6.45) is 2.96. The molecule has 0 atom stereocenters. The zero-order valence-corrected chi connectivity index (χ0v) is 25.0. The summed E-state index contributed by atoms with van der Waals surface area (Å²) in [5.41, 5.74) is 7.93. The van der Waals surface area contributed by atoms with Gasteiger partial charge in [-0.2, -0.15) is 15.0 Å². The van der Waals surface area contributed by atoms with Gasteiger partial charge in [-0.05, 0) is 61.1 Å². The number of hydrogen-bond donors (Lipinski definition) is 6. The summed E-state index contributed by atoms with van der Waals surface area (Å²) in [5.74, 6) is 1.16. The number of carbonyl (C=O) groups is 1. The number of halogens is 1. The molecule has 0 aliphatic heterocycles. The molecule has 1 amide bonds. The van der Waals surface area contributed by atoms with Crippen molar-refractivity contribution in [2.45, 2.75) is 50.9 Å². The van der Waals surface area contributed by atoms with Gasteiger partial charge in [0.2, 0.25) is 17.8 Å². The molecule has 0 spiro atoms. The second kappa shape index (κ2) is 17.5. The average molecular weight is 613 g/mol. The van der Waals surface area contributed by atoms with E-state index in [1.54, 1.807) is 12.1 Å². The van der Waals surface area contributed by atoms with Gasteiger partial charge >= 0.3 is 0 Å². The number of ether oxygens (including phenoxy) is 2. The molecule has 1 aliphatic rings. The van der Waals surface area contributed by atoms with Crippen LogP contribution in [0.3, 0.4) is 0 Å². The van der Waals surface area contributed by atoms with Crippen LogP contribution in [0.5, 0.6) is 0 Å². The van der Waals surface area contributed by atoms with E-state index in [1.165, 1.54) is 0 Å². The molecular formula is C30H41ClN8O4. The number of rotatable bonds is 17. The molecule has 0 saturated heterocycles. The summed E-state index contributed by atoms with van der Waals surface area (Å²) in [7, 11) is 0. The Balaban J connectivity index is 1.30. The van der Waals surface area contributed by atoms with Gasteiger partial charge in [0.05, 0.1) is 32.5 Å². The number of aliphatic hydroxyl groups is 1. The highest BCUT2D eigenvalue weighted by Crippen LogP contribution is 2.22. The Bertz CT molecular complexity index is 1260. The number of nitrogens with two attached hydrogens (primary N) is 1. The Morgan fingerprint density at radius 1 is 0.814 bits per heavy atom. The van der Waals surface area contributed by atoms with Gasteiger partial charge in [0.15, 0.2) is 0 Å². The van der Waals surface area contributed by atoms with E-state index >= 15 is 0 Å². The van der Waals surface area contributed by atoms with Crippen molar-refractivity contribution >= 4 is 35.4 Å². The van der Waals surface area contributed by atoms with Crippen molar-refractivity contribution in [1.29, 1.82) is 0 Å². The molecule has 43 heavy (non-hydrogen) atoms. The normalized spacial score (nSPS) is 16.4. The fraction of sp³-hybridized carbons (Fsp3) is 0.467. The topological polar surface area (TPSA) is 169 Å². The number of aromatic nitrogens is 3. The smallest absolute Gasteiger partial charge is 0.251 e. The van der Waals surface area contributed by atoms with E-state index in [4.69, 9.17) is 26.8 Å². The molecule has 232 valence electrons. The second-order valence-corrected chi connectivity index (χ2v) is 10.7. The highest BCUT2D eigenvalue weighted by Gasteiger charge is 2.20. The van der Waals surface area contributed by atoms with E-state index in [1.807, 2.05) is 36.4 Å². The van der Waals surface area contributed by atoms with Crippen LogP contribution >= 0.6 is 11.6 Å². The van der Waals surface area contributed by atoms with E-state index < -0.39 is 0 Å². The van der Waals surface area contributed by atoms with Gasteiger partial charge in [-0.15, -0.1) is 0 Å². The Kier molecular flexibility index (Phi) is 13.2. The second-order valence-electron chi connectivity index (χ2n) is 10.3. The summed E-state index contributed by atoms with van der Waals surface area (Å²) >= 11 is 6.01. The Labute approximate surface area is 257 Å². The van der Waals surface area contributed by atoms with Crippen LogP contribution in [-0.4, -0.2) is 77.6 Å². The molecule has 1 aliphatic carbocycles. The lowest BCUT2D eigenvalue weighted by Crippen LogP contribution is -2.29. The SMILES string of the molecule is NCCOCCOCCNC(=O)c1ccc(CNc2nc(NCc3ccc(Cl)cc3)nc(NC3CCC(O)CC3)n2)cc1. The van der Waals surface area contributed by atoms with E-state index in [0.717, 1.165) is 36.8 Å². The lowest BCUT2D eigenvalue weighted by atomic mass is 9.93. The van der Waals surface area contributed by atoms with Gasteiger partial charge in [-0.25, -0.2) is 0 Å². The van der Waals surface area contributed by atoms with Crippen LogP contribution in [0.25, 0.3) is 0 Å². The zero-order valence-electron chi connectivity index (χ0n) is 24.2. The van der Waals surface area contributed by atoms with Crippen molar-refractivity contribution in [2.75, 3.05) is 55.5 Å². The van der Waals surface area contributed by atoms with Gasteiger partial charge in [-0.3, -0.25) is 4.79 Å². The number of hydrogen-bond acceptors (Lipinski definition) is 11. The summed E-state index contributed by atoms with van der Waals surface area (Å²) < 4.78 is 10.7. The molecule has 3 aromatic rings. The van der Waals surface area contributed by atoms with Crippen LogP contribution in [0, 0.1) is 0 Å². The molecule has 0 unspecified atom stereocenters. The lowest BCUT2D eigenvalue weighted by Gasteiger charge is -2.26. The Hall–Kier alpha value is -3.55. The number of benzene rings is 2. The number of nitrogens with zero attached hydrogens (tertiary/aromatic N) is 3. The first-order valence-corrected chi connectivity index (χ1v) is 15.0. The number of anilines is 3. The molecule has 12 nitrogen and oxygen atoms in total. The van der Waals surface area contributed by atoms with Crippen molar-refractivity contribution in [3.8, 4) is 0 Å². The van der Waals surface area contributed by atoms with Gasteiger partial charge in [0.1, 0.15) is 0 Å². The molecule has 1 saturated carbocycles.